The molecule has 0 aromatic carbocycles. The predicted octanol–water partition coefficient (Wildman–Crippen LogP) is 0.542. The number of likely N-dealkylation sites (N-methyl/N-ethyl adjacent to an activating group) is 1. The normalized spacial score (nSPS) is 24.8. The van der Waals surface area contributed by atoms with E-state index in [1.807, 2.05) is 4.90 Å². The van der Waals surface area contributed by atoms with E-state index in [1.54, 1.807) is 18.7 Å². The maximum absolute atomic E-state index is 13.0. The monoisotopic (exact) mass is 353 g/mol. The van der Waals surface area contributed by atoms with E-state index in [4.69, 9.17) is 9.47 Å². The molecule has 142 valence electrons. The van der Waals surface area contributed by atoms with Crippen molar-refractivity contribution in [1.82, 2.24) is 14.7 Å². The number of likely N-dealkylation sites (tertiary alicyclic amines) is 1. The molecule has 3 heterocycles. The minimum Gasteiger partial charge on any atom is -0.347 e. The molecule has 7 heteroatoms. The van der Waals surface area contributed by atoms with Gasteiger partial charge >= 0.3 is 0 Å². The number of piperidine rings is 1. The van der Waals surface area contributed by atoms with Gasteiger partial charge in [0.1, 0.15) is 5.41 Å². The van der Waals surface area contributed by atoms with E-state index in [9.17, 15) is 9.59 Å². The fourth-order valence-electron chi connectivity index (χ4n) is 3.99. The van der Waals surface area contributed by atoms with Gasteiger partial charge in [0.25, 0.3) is 0 Å². The van der Waals surface area contributed by atoms with Gasteiger partial charge in [0.2, 0.25) is 11.8 Å². The number of amides is 2. The molecule has 25 heavy (non-hydrogen) atoms. The fourth-order valence-corrected chi connectivity index (χ4v) is 3.99. The minimum atomic E-state index is -1.02. The molecule has 0 atom stereocenters. The number of nitrogens with zero attached hydrogens (tertiary/aromatic N) is 3. The number of ether oxygens (including phenoxy) is 2. The van der Waals surface area contributed by atoms with Gasteiger partial charge in [-0.1, -0.05) is 6.92 Å². The van der Waals surface area contributed by atoms with Crippen LogP contribution in [0.2, 0.25) is 0 Å². The molecule has 3 fully saturated rings. The van der Waals surface area contributed by atoms with Crippen LogP contribution in [-0.4, -0.2) is 91.3 Å². The summed E-state index contributed by atoms with van der Waals surface area (Å²) < 4.78 is 11.4. The van der Waals surface area contributed by atoms with Crippen LogP contribution < -0.4 is 0 Å². The molecule has 3 rings (SSSR count). The SMILES string of the molecule is CCN1CCN(C(=O)C(C)(C)C(=O)N2CCC3(CC2)OCCO3)CC1. The summed E-state index contributed by atoms with van der Waals surface area (Å²) in [5.74, 6) is -0.633. The van der Waals surface area contributed by atoms with Gasteiger partial charge in [-0.05, 0) is 20.4 Å². The standard InChI is InChI=1S/C18H31N3O4/c1-4-19-9-11-21(12-10-19)16(23)17(2,3)15(22)20-7-5-18(6-8-20)24-13-14-25-18/h4-14H2,1-3H3. The molecule has 0 aromatic rings. The lowest BCUT2D eigenvalue weighted by Crippen LogP contribution is -2.57. The lowest BCUT2D eigenvalue weighted by Gasteiger charge is -2.42. The Balaban J connectivity index is 1.58. The van der Waals surface area contributed by atoms with E-state index in [-0.39, 0.29) is 11.8 Å². The number of rotatable bonds is 3. The third-order valence-electron chi connectivity index (χ3n) is 5.80. The Bertz CT molecular complexity index is 498. The molecule has 7 nitrogen and oxygen atoms in total. The summed E-state index contributed by atoms with van der Waals surface area (Å²) in [4.78, 5) is 31.9. The number of carbonyl (C=O) groups excluding carboxylic acids is 2. The topological polar surface area (TPSA) is 62.3 Å². The van der Waals surface area contributed by atoms with E-state index in [0.29, 0.717) is 52.2 Å². The molecule has 0 bridgehead atoms. The maximum Gasteiger partial charge on any atom is 0.237 e. The first-order chi connectivity index (χ1) is 11.9. The molecule has 0 aromatic heterocycles. The zero-order valence-electron chi connectivity index (χ0n) is 15.8. The van der Waals surface area contributed by atoms with Gasteiger partial charge < -0.3 is 24.2 Å². The van der Waals surface area contributed by atoms with Crippen LogP contribution in [0.5, 0.6) is 0 Å². The van der Waals surface area contributed by atoms with E-state index in [2.05, 4.69) is 11.8 Å². The molecule has 2 amide bonds. The van der Waals surface area contributed by atoms with Crippen molar-refractivity contribution >= 4 is 11.8 Å². The van der Waals surface area contributed by atoms with Gasteiger partial charge in [0.05, 0.1) is 13.2 Å². The molecule has 3 aliphatic heterocycles. The van der Waals surface area contributed by atoms with E-state index in [0.717, 1.165) is 19.6 Å². The van der Waals surface area contributed by atoms with Gasteiger partial charge in [0.15, 0.2) is 5.79 Å². The number of hydrogen-bond donors (Lipinski definition) is 0. The summed E-state index contributed by atoms with van der Waals surface area (Å²) in [7, 11) is 0. The highest BCUT2D eigenvalue weighted by Gasteiger charge is 2.46. The number of hydrogen-bond acceptors (Lipinski definition) is 5. The van der Waals surface area contributed by atoms with Crippen molar-refractivity contribution in [1.29, 1.82) is 0 Å². The van der Waals surface area contributed by atoms with Crippen LogP contribution in [-0.2, 0) is 19.1 Å². The lowest BCUT2D eigenvalue weighted by atomic mass is 9.88. The molecule has 3 aliphatic rings. The molecule has 0 unspecified atom stereocenters. The van der Waals surface area contributed by atoms with Gasteiger partial charge in [-0.3, -0.25) is 9.59 Å². The predicted molar refractivity (Wildman–Crippen MR) is 92.9 cm³/mol. The van der Waals surface area contributed by atoms with Gasteiger partial charge in [0, 0.05) is 52.1 Å². The van der Waals surface area contributed by atoms with E-state index < -0.39 is 11.2 Å². The lowest BCUT2D eigenvalue weighted by molar-refractivity contribution is -0.190. The van der Waals surface area contributed by atoms with Crippen molar-refractivity contribution in [3.05, 3.63) is 0 Å². The highest BCUT2D eigenvalue weighted by molar-refractivity contribution is 6.04. The summed E-state index contributed by atoms with van der Waals surface area (Å²) in [6, 6.07) is 0. The largest absolute Gasteiger partial charge is 0.347 e. The van der Waals surface area contributed by atoms with Crippen molar-refractivity contribution in [2.75, 3.05) is 59.0 Å². The Kier molecular flexibility index (Phi) is 5.37. The Hall–Kier alpha value is -1.18. The fraction of sp³-hybridized carbons (Fsp3) is 0.889. The van der Waals surface area contributed by atoms with Crippen molar-refractivity contribution in [2.45, 2.75) is 39.4 Å². The smallest absolute Gasteiger partial charge is 0.237 e. The quantitative estimate of drug-likeness (QED) is 0.693. The summed E-state index contributed by atoms with van der Waals surface area (Å²) in [5, 5.41) is 0. The minimum absolute atomic E-state index is 0.0538. The summed E-state index contributed by atoms with van der Waals surface area (Å²) in [5.41, 5.74) is -1.02. The van der Waals surface area contributed by atoms with E-state index in [1.165, 1.54) is 0 Å². The van der Waals surface area contributed by atoms with Crippen LogP contribution in [0.1, 0.15) is 33.6 Å². The molecule has 0 N–H and O–H groups in total. The zero-order chi connectivity index (χ0) is 18.1. The first kappa shape index (κ1) is 18.6. The van der Waals surface area contributed by atoms with Gasteiger partial charge in [-0.2, -0.15) is 0 Å². The second kappa shape index (κ2) is 7.21. The second-order valence-corrected chi connectivity index (χ2v) is 7.75. The Morgan fingerprint density at radius 2 is 1.36 bits per heavy atom. The average molecular weight is 353 g/mol. The van der Waals surface area contributed by atoms with Crippen molar-refractivity contribution in [3.8, 4) is 0 Å². The molecule has 0 aliphatic carbocycles. The Morgan fingerprint density at radius 1 is 0.880 bits per heavy atom. The van der Waals surface area contributed by atoms with Crippen LogP contribution in [0.3, 0.4) is 0 Å². The Morgan fingerprint density at radius 3 is 1.84 bits per heavy atom. The maximum atomic E-state index is 13.0. The average Bonchev–Trinajstić information content (AvgIpc) is 3.09. The molecule has 0 saturated carbocycles. The van der Waals surface area contributed by atoms with Crippen LogP contribution in [0.25, 0.3) is 0 Å². The molecule has 3 saturated heterocycles. The zero-order valence-corrected chi connectivity index (χ0v) is 15.8. The molecule has 0 radical (unpaired) electrons. The first-order valence-corrected chi connectivity index (χ1v) is 9.47. The van der Waals surface area contributed by atoms with Crippen molar-refractivity contribution in [3.63, 3.8) is 0 Å². The highest BCUT2D eigenvalue weighted by Crippen LogP contribution is 2.33. The number of carbonyl (C=O) groups is 2. The third kappa shape index (κ3) is 3.68. The summed E-state index contributed by atoms with van der Waals surface area (Å²) in [6.07, 6.45) is 1.36. The third-order valence-corrected chi connectivity index (χ3v) is 5.80. The van der Waals surface area contributed by atoms with Gasteiger partial charge in [-0.25, -0.2) is 0 Å². The Labute approximate surface area is 150 Å². The summed E-state index contributed by atoms with van der Waals surface area (Å²) >= 11 is 0. The molecular formula is C18H31N3O4. The molecule has 1 spiro atoms. The van der Waals surface area contributed by atoms with Gasteiger partial charge in [-0.15, -0.1) is 0 Å². The second-order valence-electron chi connectivity index (χ2n) is 7.75. The van der Waals surface area contributed by atoms with Crippen molar-refractivity contribution < 1.29 is 19.1 Å². The molecular weight excluding hydrogens is 322 g/mol. The first-order valence-electron chi connectivity index (χ1n) is 9.47. The summed E-state index contributed by atoms with van der Waals surface area (Å²) in [6.45, 7) is 12.2. The van der Waals surface area contributed by atoms with Crippen LogP contribution >= 0.6 is 0 Å². The number of piperazine rings is 1. The van der Waals surface area contributed by atoms with Crippen molar-refractivity contribution in [2.24, 2.45) is 5.41 Å². The van der Waals surface area contributed by atoms with Crippen LogP contribution in [0.15, 0.2) is 0 Å². The highest BCUT2D eigenvalue weighted by atomic mass is 16.7. The van der Waals surface area contributed by atoms with E-state index >= 15 is 0 Å². The van der Waals surface area contributed by atoms with Crippen LogP contribution in [0.4, 0.5) is 0 Å². The van der Waals surface area contributed by atoms with Crippen LogP contribution in [0, 0.1) is 5.41 Å².